The second kappa shape index (κ2) is 4.64. The SMILES string of the molecule is C1CCC([C@H]2C[C@@H]2NC2=NCCCN2)CC1. The molecule has 16 heavy (non-hydrogen) atoms. The Morgan fingerprint density at radius 2 is 2.00 bits per heavy atom. The van der Waals surface area contributed by atoms with Crippen molar-refractivity contribution >= 4 is 5.96 Å². The van der Waals surface area contributed by atoms with Gasteiger partial charge in [0.15, 0.2) is 5.96 Å². The third-order valence-electron chi connectivity index (χ3n) is 4.31. The maximum atomic E-state index is 4.48. The second-order valence-electron chi connectivity index (χ2n) is 5.56. The molecule has 3 nitrogen and oxygen atoms in total. The van der Waals surface area contributed by atoms with Crippen molar-refractivity contribution in [2.75, 3.05) is 13.1 Å². The Hall–Kier alpha value is -0.730. The summed E-state index contributed by atoms with van der Waals surface area (Å²) in [4.78, 5) is 4.48. The average Bonchev–Trinajstić information content (AvgIpc) is 3.11. The monoisotopic (exact) mass is 221 g/mol. The molecule has 1 aliphatic heterocycles. The number of nitrogens with zero attached hydrogens (tertiary/aromatic N) is 1. The van der Waals surface area contributed by atoms with Crippen LogP contribution in [0.15, 0.2) is 4.99 Å². The van der Waals surface area contributed by atoms with Crippen molar-refractivity contribution in [2.24, 2.45) is 16.8 Å². The summed E-state index contributed by atoms with van der Waals surface area (Å²) in [6.07, 6.45) is 9.91. The maximum absolute atomic E-state index is 4.48. The molecule has 3 rings (SSSR count). The quantitative estimate of drug-likeness (QED) is 0.747. The fraction of sp³-hybridized carbons (Fsp3) is 0.923. The van der Waals surface area contributed by atoms with Crippen molar-refractivity contribution < 1.29 is 0 Å². The van der Waals surface area contributed by atoms with Crippen molar-refractivity contribution in [3.8, 4) is 0 Å². The van der Waals surface area contributed by atoms with Crippen molar-refractivity contribution in [3.63, 3.8) is 0 Å². The molecule has 0 aromatic heterocycles. The van der Waals surface area contributed by atoms with Crippen LogP contribution < -0.4 is 10.6 Å². The molecule has 2 saturated carbocycles. The number of rotatable bonds is 2. The van der Waals surface area contributed by atoms with E-state index in [4.69, 9.17) is 0 Å². The highest BCUT2D eigenvalue weighted by atomic mass is 15.2. The lowest BCUT2D eigenvalue weighted by Gasteiger charge is -2.22. The molecule has 1 heterocycles. The molecule has 2 fully saturated rings. The lowest BCUT2D eigenvalue weighted by molar-refractivity contribution is 0.315. The fourth-order valence-corrected chi connectivity index (χ4v) is 3.27. The van der Waals surface area contributed by atoms with Gasteiger partial charge in [-0.05, 0) is 24.7 Å². The van der Waals surface area contributed by atoms with Crippen molar-refractivity contribution in [3.05, 3.63) is 0 Å². The van der Waals surface area contributed by atoms with Crippen LogP contribution >= 0.6 is 0 Å². The van der Waals surface area contributed by atoms with E-state index in [2.05, 4.69) is 15.6 Å². The van der Waals surface area contributed by atoms with Crippen molar-refractivity contribution in [2.45, 2.75) is 51.0 Å². The van der Waals surface area contributed by atoms with E-state index in [0.717, 1.165) is 36.9 Å². The first kappa shape index (κ1) is 10.4. The molecule has 2 atom stereocenters. The minimum absolute atomic E-state index is 0.729. The minimum Gasteiger partial charge on any atom is -0.356 e. The molecule has 2 aliphatic carbocycles. The molecule has 2 N–H and O–H groups in total. The topological polar surface area (TPSA) is 36.4 Å². The number of hydrogen-bond donors (Lipinski definition) is 2. The van der Waals surface area contributed by atoms with Crippen LogP contribution in [0.25, 0.3) is 0 Å². The Kier molecular flexibility index (Phi) is 3.02. The maximum Gasteiger partial charge on any atom is 0.191 e. The molecule has 3 heteroatoms. The third-order valence-corrected chi connectivity index (χ3v) is 4.31. The Labute approximate surface area is 98.1 Å². The molecule has 0 bridgehead atoms. The van der Waals surface area contributed by atoms with Gasteiger partial charge in [0, 0.05) is 19.1 Å². The highest BCUT2D eigenvalue weighted by molar-refractivity contribution is 5.80. The minimum atomic E-state index is 0.729. The van der Waals surface area contributed by atoms with Gasteiger partial charge in [-0.25, -0.2) is 0 Å². The van der Waals surface area contributed by atoms with Crippen LogP contribution in [0, 0.1) is 11.8 Å². The summed E-state index contributed by atoms with van der Waals surface area (Å²) in [5, 5.41) is 6.93. The lowest BCUT2D eigenvalue weighted by Crippen LogP contribution is -2.42. The van der Waals surface area contributed by atoms with Gasteiger partial charge in [-0.15, -0.1) is 0 Å². The van der Waals surface area contributed by atoms with E-state index < -0.39 is 0 Å². The zero-order valence-electron chi connectivity index (χ0n) is 10.0. The standard InChI is InChI=1S/C13H23N3/c1-2-5-10(6-3-1)11-9-12(11)16-13-14-7-4-8-15-13/h10-12H,1-9H2,(H2,14,15,16)/t11-,12+/m1/s1. The number of nitrogens with one attached hydrogen (secondary N) is 2. The zero-order chi connectivity index (χ0) is 10.8. The van der Waals surface area contributed by atoms with Crippen LogP contribution in [0.5, 0.6) is 0 Å². The smallest absolute Gasteiger partial charge is 0.191 e. The van der Waals surface area contributed by atoms with E-state index in [1.165, 1.54) is 44.9 Å². The normalized spacial score (nSPS) is 35.1. The summed E-state index contributed by atoms with van der Waals surface area (Å²) in [5.41, 5.74) is 0. The largest absolute Gasteiger partial charge is 0.356 e. The Balaban J connectivity index is 1.46. The number of hydrogen-bond acceptors (Lipinski definition) is 3. The van der Waals surface area contributed by atoms with Gasteiger partial charge in [0.05, 0.1) is 0 Å². The van der Waals surface area contributed by atoms with Gasteiger partial charge in [-0.3, -0.25) is 4.99 Å². The highest BCUT2D eigenvalue weighted by Gasteiger charge is 2.43. The van der Waals surface area contributed by atoms with E-state index in [-0.39, 0.29) is 0 Å². The molecule has 0 aromatic rings. The average molecular weight is 221 g/mol. The van der Waals surface area contributed by atoms with Gasteiger partial charge in [-0.1, -0.05) is 32.1 Å². The Morgan fingerprint density at radius 3 is 2.75 bits per heavy atom. The van der Waals surface area contributed by atoms with E-state index in [9.17, 15) is 0 Å². The lowest BCUT2D eigenvalue weighted by atomic mass is 9.85. The summed E-state index contributed by atoms with van der Waals surface area (Å²) < 4.78 is 0. The summed E-state index contributed by atoms with van der Waals surface area (Å²) >= 11 is 0. The number of aliphatic imine (C=N–C) groups is 1. The van der Waals surface area contributed by atoms with Crippen LogP contribution in [0.3, 0.4) is 0 Å². The molecule has 0 amide bonds. The third kappa shape index (κ3) is 2.33. The van der Waals surface area contributed by atoms with Crippen molar-refractivity contribution in [1.82, 2.24) is 10.6 Å². The fourth-order valence-electron chi connectivity index (χ4n) is 3.27. The highest BCUT2D eigenvalue weighted by Crippen LogP contribution is 2.44. The molecule has 0 unspecified atom stereocenters. The van der Waals surface area contributed by atoms with Gasteiger partial charge in [0.2, 0.25) is 0 Å². The van der Waals surface area contributed by atoms with Gasteiger partial charge >= 0.3 is 0 Å². The first-order valence-corrected chi connectivity index (χ1v) is 6.98. The van der Waals surface area contributed by atoms with Crippen molar-refractivity contribution in [1.29, 1.82) is 0 Å². The van der Waals surface area contributed by atoms with E-state index in [0.29, 0.717) is 0 Å². The summed E-state index contributed by atoms with van der Waals surface area (Å²) in [6, 6.07) is 0.729. The van der Waals surface area contributed by atoms with Crippen LogP contribution in [0.4, 0.5) is 0 Å². The zero-order valence-corrected chi connectivity index (χ0v) is 10.0. The molecule has 0 radical (unpaired) electrons. The van der Waals surface area contributed by atoms with Gasteiger partial charge in [0.25, 0.3) is 0 Å². The van der Waals surface area contributed by atoms with E-state index >= 15 is 0 Å². The van der Waals surface area contributed by atoms with Crippen LogP contribution in [0.1, 0.15) is 44.9 Å². The molecule has 0 spiro atoms. The molecule has 3 aliphatic rings. The molecular formula is C13H23N3. The predicted octanol–water partition coefficient (Wildman–Crippen LogP) is 1.89. The summed E-state index contributed by atoms with van der Waals surface area (Å²) in [5.74, 6) is 3.02. The second-order valence-corrected chi connectivity index (χ2v) is 5.56. The van der Waals surface area contributed by atoms with Gasteiger partial charge in [-0.2, -0.15) is 0 Å². The van der Waals surface area contributed by atoms with Crippen LogP contribution in [-0.4, -0.2) is 25.1 Å². The summed E-state index contributed by atoms with van der Waals surface area (Å²) in [7, 11) is 0. The number of guanidine groups is 1. The predicted molar refractivity (Wildman–Crippen MR) is 66.5 cm³/mol. The van der Waals surface area contributed by atoms with Gasteiger partial charge < -0.3 is 10.6 Å². The van der Waals surface area contributed by atoms with Crippen LogP contribution in [-0.2, 0) is 0 Å². The van der Waals surface area contributed by atoms with Gasteiger partial charge in [0.1, 0.15) is 0 Å². The molecular weight excluding hydrogens is 198 g/mol. The first-order valence-electron chi connectivity index (χ1n) is 6.98. The Bertz CT molecular complexity index is 268. The molecule has 0 aromatic carbocycles. The van der Waals surface area contributed by atoms with E-state index in [1.807, 2.05) is 0 Å². The summed E-state index contributed by atoms with van der Waals surface area (Å²) in [6.45, 7) is 2.09. The molecule has 90 valence electrons. The van der Waals surface area contributed by atoms with E-state index in [1.54, 1.807) is 0 Å². The Morgan fingerprint density at radius 1 is 1.12 bits per heavy atom. The van der Waals surface area contributed by atoms with Crippen LogP contribution in [0.2, 0.25) is 0 Å². The first-order chi connectivity index (χ1) is 7.93. The molecule has 0 saturated heterocycles.